The normalized spacial score (nSPS) is 22.2. The summed E-state index contributed by atoms with van der Waals surface area (Å²) in [5.74, 6) is 0.840. The summed E-state index contributed by atoms with van der Waals surface area (Å²) in [4.78, 5) is 0. The Kier molecular flexibility index (Phi) is 5.91. The third-order valence-corrected chi connectivity index (χ3v) is 4.50. The Bertz CT molecular complexity index is 372. The number of unbranched alkanes of at least 4 members (excludes halogenated alkanes) is 3. The summed E-state index contributed by atoms with van der Waals surface area (Å²) in [5.41, 5.74) is 3.13. The Balaban J connectivity index is 2.00. The van der Waals surface area contributed by atoms with Gasteiger partial charge in [0, 0.05) is 6.04 Å². The molecule has 1 aromatic rings. The van der Waals surface area contributed by atoms with Gasteiger partial charge in [0.05, 0.1) is 0 Å². The first kappa shape index (κ1) is 14.6. The summed E-state index contributed by atoms with van der Waals surface area (Å²) in [7, 11) is 0. The molecule has 1 nitrogen and oxygen atoms in total. The summed E-state index contributed by atoms with van der Waals surface area (Å²) in [6.07, 6.45) is 9.58. The van der Waals surface area contributed by atoms with E-state index in [0.29, 0.717) is 6.04 Å². The van der Waals surface area contributed by atoms with Crippen LogP contribution in [0.3, 0.4) is 0 Å². The van der Waals surface area contributed by atoms with Gasteiger partial charge in [0.1, 0.15) is 0 Å². The highest BCUT2D eigenvalue weighted by Crippen LogP contribution is 2.37. The van der Waals surface area contributed by atoms with Crippen LogP contribution in [0.4, 0.5) is 0 Å². The van der Waals surface area contributed by atoms with Crippen molar-refractivity contribution < 1.29 is 0 Å². The first-order chi connectivity index (χ1) is 9.36. The molecule has 106 valence electrons. The van der Waals surface area contributed by atoms with Crippen molar-refractivity contribution in [1.29, 1.82) is 0 Å². The second-order valence-corrected chi connectivity index (χ2v) is 5.88. The van der Waals surface area contributed by atoms with Gasteiger partial charge in [-0.1, -0.05) is 63.8 Å². The SMILES string of the molecule is CCCCCCC1CCc2ccccc2C1NCC. The van der Waals surface area contributed by atoms with E-state index >= 15 is 0 Å². The van der Waals surface area contributed by atoms with Crippen molar-refractivity contribution in [1.82, 2.24) is 5.32 Å². The maximum Gasteiger partial charge on any atom is 0.0351 e. The van der Waals surface area contributed by atoms with Crippen molar-refractivity contribution in [2.45, 2.75) is 64.8 Å². The molecular formula is C18H29N. The van der Waals surface area contributed by atoms with Gasteiger partial charge in [-0.2, -0.15) is 0 Å². The molecule has 0 saturated heterocycles. The molecule has 0 radical (unpaired) electrons. The first-order valence-corrected chi connectivity index (χ1v) is 8.18. The predicted octanol–water partition coefficient (Wildman–Crippen LogP) is 4.87. The van der Waals surface area contributed by atoms with Crippen LogP contribution in [0.15, 0.2) is 24.3 Å². The Labute approximate surface area is 118 Å². The minimum absolute atomic E-state index is 0.594. The van der Waals surface area contributed by atoms with Crippen LogP contribution in [0.1, 0.15) is 69.5 Å². The molecule has 1 aliphatic carbocycles. The summed E-state index contributed by atoms with van der Waals surface area (Å²) < 4.78 is 0. The number of nitrogens with one attached hydrogen (secondary N) is 1. The fourth-order valence-electron chi connectivity index (χ4n) is 3.47. The van der Waals surface area contributed by atoms with Crippen molar-refractivity contribution in [2.75, 3.05) is 6.54 Å². The van der Waals surface area contributed by atoms with Gasteiger partial charge >= 0.3 is 0 Å². The maximum absolute atomic E-state index is 3.73. The van der Waals surface area contributed by atoms with E-state index in [2.05, 4.69) is 43.4 Å². The molecule has 1 heteroatoms. The molecule has 19 heavy (non-hydrogen) atoms. The summed E-state index contributed by atoms with van der Waals surface area (Å²) in [6, 6.07) is 9.62. The zero-order valence-electron chi connectivity index (χ0n) is 12.6. The largest absolute Gasteiger partial charge is 0.310 e. The molecule has 2 unspecified atom stereocenters. The van der Waals surface area contributed by atoms with Gasteiger partial charge in [-0.05, 0) is 42.9 Å². The number of fused-ring (bicyclic) bond motifs is 1. The lowest BCUT2D eigenvalue weighted by Crippen LogP contribution is -2.32. The van der Waals surface area contributed by atoms with Crippen LogP contribution < -0.4 is 5.32 Å². The topological polar surface area (TPSA) is 12.0 Å². The summed E-state index contributed by atoms with van der Waals surface area (Å²) >= 11 is 0. The predicted molar refractivity (Wildman–Crippen MR) is 83.4 cm³/mol. The van der Waals surface area contributed by atoms with E-state index < -0.39 is 0 Å². The minimum Gasteiger partial charge on any atom is -0.310 e. The third kappa shape index (κ3) is 3.82. The van der Waals surface area contributed by atoms with Crippen LogP contribution >= 0.6 is 0 Å². The molecule has 0 fully saturated rings. The molecule has 1 N–H and O–H groups in total. The lowest BCUT2D eigenvalue weighted by molar-refractivity contribution is 0.298. The van der Waals surface area contributed by atoms with E-state index in [1.807, 2.05) is 0 Å². The number of benzene rings is 1. The van der Waals surface area contributed by atoms with Gasteiger partial charge in [0.25, 0.3) is 0 Å². The van der Waals surface area contributed by atoms with Gasteiger partial charge < -0.3 is 5.32 Å². The zero-order valence-corrected chi connectivity index (χ0v) is 12.6. The van der Waals surface area contributed by atoms with Crippen molar-refractivity contribution in [3.63, 3.8) is 0 Å². The lowest BCUT2D eigenvalue weighted by Gasteiger charge is -2.34. The molecule has 0 heterocycles. The highest BCUT2D eigenvalue weighted by Gasteiger charge is 2.27. The molecular weight excluding hydrogens is 230 g/mol. The van der Waals surface area contributed by atoms with Crippen LogP contribution in [0, 0.1) is 5.92 Å². The van der Waals surface area contributed by atoms with Crippen molar-refractivity contribution in [2.24, 2.45) is 5.92 Å². The smallest absolute Gasteiger partial charge is 0.0351 e. The van der Waals surface area contributed by atoms with Crippen LogP contribution in [-0.4, -0.2) is 6.54 Å². The van der Waals surface area contributed by atoms with Gasteiger partial charge in [0.2, 0.25) is 0 Å². The quantitative estimate of drug-likeness (QED) is 0.689. The van der Waals surface area contributed by atoms with Gasteiger partial charge in [-0.25, -0.2) is 0 Å². The Morgan fingerprint density at radius 2 is 1.95 bits per heavy atom. The van der Waals surface area contributed by atoms with E-state index in [0.717, 1.165) is 12.5 Å². The highest BCUT2D eigenvalue weighted by molar-refractivity contribution is 5.33. The number of hydrogen-bond acceptors (Lipinski definition) is 1. The number of aryl methyl sites for hydroxylation is 1. The lowest BCUT2D eigenvalue weighted by atomic mass is 9.77. The average Bonchev–Trinajstić information content (AvgIpc) is 2.45. The van der Waals surface area contributed by atoms with E-state index in [9.17, 15) is 0 Å². The molecule has 2 atom stereocenters. The van der Waals surface area contributed by atoms with Crippen molar-refractivity contribution in [3.05, 3.63) is 35.4 Å². The molecule has 0 saturated carbocycles. The molecule has 2 rings (SSSR count). The van der Waals surface area contributed by atoms with E-state index in [1.165, 1.54) is 44.9 Å². The van der Waals surface area contributed by atoms with Crippen LogP contribution in [0.5, 0.6) is 0 Å². The fourth-order valence-corrected chi connectivity index (χ4v) is 3.47. The molecule has 0 aromatic heterocycles. The zero-order chi connectivity index (χ0) is 13.5. The van der Waals surface area contributed by atoms with Crippen LogP contribution in [0.25, 0.3) is 0 Å². The number of hydrogen-bond donors (Lipinski definition) is 1. The van der Waals surface area contributed by atoms with Crippen LogP contribution in [-0.2, 0) is 6.42 Å². The highest BCUT2D eigenvalue weighted by atomic mass is 14.9. The van der Waals surface area contributed by atoms with Gasteiger partial charge in [-0.15, -0.1) is 0 Å². The molecule has 0 bridgehead atoms. The summed E-state index contributed by atoms with van der Waals surface area (Å²) in [5, 5.41) is 3.73. The molecule has 0 amide bonds. The van der Waals surface area contributed by atoms with Gasteiger partial charge in [0.15, 0.2) is 0 Å². The second kappa shape index (κ2) is 7.69. The molecule has 0 spiro atoms. The minimum atomic E-state index is 0.594. The maximum atomic E-state index is 3.73. The molecule has 0 aliphatic heterocycles. The Morgan fingerprint density at radius 1 is 1.11 bits per heavy atom. The van der Waals surface area contributed by atoms with Crippen molar-refractivity contribution >= 4 is 0 Å². The standard InChI is InChI=1S/C18H29N/c1-3-5-6-7-11-16-14-13-15-10-8-9-12-17(15)18(16)19-4-2/h8-10,12,16,18-19H,3-7,11,13-14H2,1-2H3. The Morgan fingerprint density at radius 3 is 2.74 bits per heavy atom. The fraction of sp³-hybridized carbons (Fsp3) is 0.667. The molecule has 1 aromatic carbocycles. The Hall–Kier alpha value is -0.820. The average molecular weight is 259 g/mol. The first-order valence-electron chi connectivity index (χ1n) is 8.18. The van der Waals surface area contributed by atoms with E-state index in [4.69, 9.17) is 0 Å². The van der Waals surface area contributed by atoms with Crippen molar-refractivity contribution in [3.8, 4) is 0 Å². The second-order valence-electron chi connectivity index (χ2n) is 5.88. The van der Waals surface area contributed by atoms with E-state index in [-0.39, 0.29) is 0 Å². The van der Waals surface area contributed by atoms with E-state index in [1.54, 1.807) is 11.1 Å². The van der Waals surface area contributed by atoms with Crippen LogP contribution in [0.2, 0.25) is 0 Å². The third-order valence-electron chi connectivity index (χ3n) is 4.50. The van der Waals surface area contributed by atoms with Gasteiger partial charge in [-0.3, -0.25) is 0 Å². The monoisotopic (exact) mass is 259 g/mol. The summed E-state index contributed by atoms with van der Waals surface area (Å²) in [6.45, 7) is 5.59. The number of rotatable bonds is 7. The molecule has 1 aliphatic rings.